The molecule has 1 aliphatic rings. The number of aliphatic carboxylic acids is 1. The summed E-state index contributed by atoms with van der Waals surface area (Å²) in [7, 11) is 0. The Morgan fingerprint density at radius 3 is 2.76 bits per heavy atom. The van der Waals surface area contributed by atoms with Crippen LogP contribution in [0.3, 0.4) is 0 Å². The Labute approximate surface area is 130 Å². The fourth-order valence-corrected chi connectivity index (χ4v) is 2.88. The molecule has 0 radical (unpaired) electrons. The first-order chi connectivity index (χ1) is 9.88. The van der Waals surface area contributed by atoms with Crippen molar-refractivity contribution in [3.8, 4) is 0 Å². The molecule has 5 nitrogen and oxygen atoms in total. The van der Waals surface area contributed by atoms with Crippen LogP contribution < -0.4 is 10.6 Å². The van der Waals surface area contributed by atoms with Crippen LogP contribution >= 0.6 is 15.9 Å². The molecule has 1 fully saturated rings. The van der Waals surface area contributed by atoms with E-state index in [0.717, 1.165) is 6.42 Å². The molecule has 1 aromatic carbocycles. The van der Waals surface area contributed by atoms with Crippen LogP contribution in [0, 0.1) is 18.7 Å². The molecule has 0 aromatic heterocycles. The molecular weight excluding hydrogens is 343 g/mol. The van der Waals surface area contributed by atoms with Crippen LogP contribution in [-0.2, 0) is 4.79 Å². The van der Waals surface area contributed by atoms with E-state index in [-0.39, 0.29) is 10.5 Å². The minimum Gasteiger partial charge on any atom is -0.481 e. The van der Waals surface area contributed by atoms with Gasteiger partial charge in [0.2, 0.25) is 0 Å². The first kappa shape index (κ1) is 15.8. The summed E-state index contributed by atoms with van der Waals surface area (Å²) >= 11 is 3.06. The molecule has 7 heteroatoms. The van der Waals surface area contributed by atoms with Crippen LogP contribution in [0.25, 0.3) is 0 Å². The molecule has 0 saturated heterocycles. The number of halogens is 2. The van der Waals surface area contributed by atoms with Crippen molar-refractivity contribution in [2.45, 2.75) is 32.2 Å². The zero-order chi connectivity index (χ0) is 15.6. The minimum absolute atomic E-state index is 0.257. The number of carboxylic acid groups (broad SMARTS) is 1. The van der Waals surface area contributed by atoms with Crippen LogP contribution in [0.5, 0.6) is 0 Å². The van der Waals surface area contributed by atoms with E-state index in [1.807, 2.05) is 0 Å². The summed E-state index contributed by atoms with van der Waals surface area (Å²) in [5.41, 5.74) is 1.07. The highest BCUT2D eigenvalue weighted by Crippen LogP contribution is 2.27. The Bertz CT molecular complexity index is 580. The van der Waals surface area contributed by atoms with Crippen molar-refractivity contribution in [2.75, 3.05) is 5.32 Å². The summed E-state index contributed by atoms with van der Waals surface area (Å²) in [5.74, 6) is -1.84. The number of rotatable bonds is 3. The first-order valence-corrected chi connectivity index (χ1v) is 7.43. The SMILES string of the molecule is Cc1cc(F)c(Br)cc1NC(=O)NC1CCCC1C(=O)O. The Morgan fingerprint density at radius 1 is 1.38 bits per heavy atom. The number of anilines is 1. The second kappa shape index (κ2) is 6.43. The third-order valence-electron chi connectivity index (χ3n) is 3.67. The third kappa shape index (κ3) is 3.72. The number of hydrogen-bond donors (Lipinski definition) is 3. The van der Waals surface area contributed by atoms with E-state index in [1.54, 1.807) is 6.92 Å². The van der Waals surface area contributed by atoms with Crippen molar-refractivity contribution in [3.63, 3.8) is 0 Å². The number of urea groups is 1. The molecule has 114 valence electrons. The molecule has 21 heavy (non-hydrogen) atoms. The van der Waals surface area contributed by atoms with Crippen LogP contribution in [0.2, 0.25) is 0 Å². The second-order valence-corrected chi connectivity index (χ2v) is 6.02. The third-order valence-corrected chi connectivity index (χ3v) is 4.27. The molecule has 2 atom stereocenters. The molecule has 3 N–H and O–H groups in total. The number of hydrogen-bond acceptors (Lipinski definition) is 2. The summed E-state index contributed by atoms with van der Waals surface area (Å²) in [6.45, 7) is 1.68. The standard InChI is InChI=1S/C14H16BrFN2O3/c1-7-5-10(16)9(15)6-12(7)18-14(21)17-11-4-2-3-8(11)13(19)20/h5-6,8,11H,2-4H2,1H3,(H,19,20)(H2,17,18,21). The fraction of sp³-hybridized carbons (Fsp3) is 0.429. The lowest BCUT2D eigenvalue weighted by Crippen LogP contribution is -2.42. The van der Waals surface area contributed by atoms with E-state index in [9.17, 15) is 14.0 Å². The predicted molar refractivity (Wildman–Crippen MR) is 79.8 cm³/mol. The van der Waals surface area contributed by atoms with Crippen LogP contribution in [-0.4, -0.2) is 23.1 Å². The van der Waals surface area contributed by atoms with Crippen LogP contribution in [0.1, 0.15) is 24.8 Å². The van der Waals surface area contributed by atoms with Crippen molar-refractivity contribution >= 4 is 33.6 Å². The highest BCUT2D eigenvalue weighted by molar-refractivity contribution is 9.10. The average Bonchev–Trinajstić information content (AvgIpc) is 2.84. The van der Waals surface area contributed by atoms with Crippen LogP contribution in [0.15, 0.2) is 16.6 Å². The molecule has 0 bridgehead atoms. The zero-order valence-corrected chi connectivity index (χ0v) is 13.0. The summed E-state index contributed by atoms with van der Waals surface area (Å²) < 4.78 is 13.6. The van der Waals surface area contributed by atoms with Crippen LogP contribution in [0.4, 0.5) is 14.9 Å². The van der Waals surface area contributed by atoms with Gasteiger partial charge < -0.3 is 15.7 Å². The molecule has 0 heterocycles. The Balaban J connectivity index is 2.02. The van der Waals surface area contributed by atoms with Gasteiger partial charge in [-0.2, -0.15) is 0 Å². The van der Waals surface area contributed by atoms with Gasteiger partial charge in [0.15, 0.2) is 0 Å². The van der Waals surface area contributed by atoms with Gasteiger partial charge in [-0.25, -0.2) is 9.18 Å². The summed E-state index contributed by atoms with van der Waals surface area (Å²) in [6.07, 6.45) is 2.00. The molecule has 0 spiro atoms. The second-order valence-electron chi connectivity index (χ2n) is 5.16. The number of nitrogens with one attached hydrogen (secondary N) is 2. The molecule has 2 unspecified atom stereocenters. The van der Waals surface area contributed by atoms with Gasteiger partial charge in [-0.1, -0.05) is 6.42 Å². The highest BCUT2D eigenvalue weighted by Gasteiger charge is 2.33. The van der Waals surface area contributed by atoms with Crippen molar-refractivity contribution in [2.24, 2.45) is 5.92 Å². The quantitative estimate of drug-likeness (QED) is 0.775. The summed E-state index contributed by atoms with van der Waals surface area (Å²) in [4.78, 5) is 23.0. The van der Waals surface area contributed by atoms with Crippen molar-refractivity contribution in [1.29, 1.82) is 0 Å². The van der Waals surface area contributed by atoms with Crippen molar-refractivity contribution in [3.05, 3.63) is 28.0 Å². The average molecular weight is 359 g/mol. The smallest absolute Gasteiger partial charge is 0.319 e. The summed E-state index contributed by atoms with van der Waals surface area (Å²) in [5, 5.41) is 14.4. The molecular formula is C14H16BrFN2O3. The van der Waals surface area contributed by atoms with E-state index >= 15 is 0 Å². The predicted octanol–water partition coefficient (Wildman–Crippen LogP) is 3.27. The van der Waals surface area contributed by atoms with E-state index in [1.165, 1.54) is 12.1 Å². The molecule has 1 saturated carbocycles. The molecule has 2 rings (SSSR count). The lowest BCUT2D eigenvalue weighted by atomic mass is 10.0. The first-order valence-electron chi connectivity index (χ1n) is 6.64. The Kier molecular flexibility index (Phi) is 4.82. The molecule has 2 amide bonds. The maximum absolute atomic E-state index is 13.3. The molecule has 1 aliphatic carbocycles. The number of carboxylic acids is 1. The van der Waals surface area contributed by atoms with E-state index < -0.39 is 23.7 Å². The topological polar surface area (TPSA) is 78.4 Å². The van der Waals surface area contributed by atoms with Gasteiger partial charge in [0.25, 0.3) is 0 Å². The highest BCUT2D eigenvalue weighted by atomic mass is 79.9. The number of aryl methyl sites for hydroxylation is 1. The maximum atomic E-state index is 13.3. The lowest BCUT2D eigenvalue weighted by Gasteiger charge is -2.18. The number of carbonyl (C=O) groups is 2. The summed E-state index contributed by atoms with van der Waals surface area (Å²) in [6, 6.07) is 1.95. The zero-order valence-electron chi connectivity index (χ0n) is 11.5. The van der Waals surface area contributed by atoms with E-state index in [2.05, 4.69) is 26.6 Å². The lowest BCUT2D eigenvalue weighted by molar-refractivity contribution is -0.142. The normalized spacial score (nSPS) is 21.1. The van der Waals surface area contributed by atoms with E-state index in [0.29, 0.717) is 24.1 Å². The van der Waals surface area contributed by atoms with Gasteiger partial charge in [-0.05, 0) is 53.4 Å². The maximum Gasteiger partial charge on any atom is 0.319 e. The van der Waals surface area contributed by atoms with Gasteiger partial charge in [-0.15, -0.1) is 0 Å². The monoisotopic (exact) mass is 358 g/mol. The Hall–Kier alpha value is -1.63. The van der Waals surface area contributed by atoms with Gasteiger partial charge >= 0.3 is 12.0 Å². The number of amides is 2. The van der Waals surface area contributed by atoms with Gasteiger partial charge in [-0.3, -0.25) is 4.79 Å². The van der Waals surface area contributed by atoms with Gasteiger partial charge in [0.05, 0.1) is 10.4 Å². The van der Waals surface area contributed by atoms with Crippen molar-refractivity contribution in [1.82, 2.24) is 5.32 Å². The van der Waals surface area contributed by atoms with Crippen molar-refractivity contribution < 1.29 is 19.1 Å². The molecule has 1 aromatic rings. The van der Waals surface area contributed by atoms with Gasteiger partial charge in [0, 0.05) is 11.7 Å². The van der Waals surface area contributed by atoms with Gasteiger partial charge in [0.1, 0.15) is 5.82 Å². The number of benzene rings is 1. The number of carbonyl (C=O) groups excluding carboxylic acids is 1. The molecule has 0 aliphatic heterocycles. The minimum atomic E-state index is -0.890. The fourth-order valence-electron chi connectivity index (χ4n) is 2.54. The van der Waals surface area contributed by atoms with E-state index in [4.69, 9.17) is 5.11 Å². The Morgan fingerprint density at radius 2 is 2.10 bits per heavy atom. The largest absolute Gasteiger partial charge is 0.481 e.